The summed E-state index contributed by atoms with van der Waals surface area (Å²) in [5.41, 5.74) is 0.593. The summed E-state index contributed by atoms with van der Waals surface area (Å²) in [6.45, 7) is 3.68. The summed E-state index contributed by atoms with van der Waals surface area (Å²) in [5.74, 6) is -0.394. The summed E-state index contributed by atoms with van der Waals surface area (Å²) < 4.78 is 13.9. The molecule has 1 atom stereocenters. The van der Waals surface area contributed by atoms with E-state index in [4.69, 9.17) is 11.6 Å². The second kappa shape index (κ2) is 7.16. The van der Waals surface area contributed by atoms with E-state index in [1.807, 2.05) is 0 Å². The summed E-state index contributed by atoms with van der Waals surface area (Å²) in [5, 5.41) is 14.1. The molecule has 2 N–H and O–H groups in total. The zero-order valence-corrected chi connectivity index (χ0v) is 13.6. The summed E-state index contributed by atoms with van der Waals surface area (Å²) in [6, 6.07) is 2.84. The van der Waals surface area contributed by atoms with Crippen LogP contribution in [-0.4, -0.2) is 36.2 Å². The smallest absolute Gasteiger partial charge is 0.165 e. The van der Waals surface area contributed by atoms with Crippen molar-refractivity contribution in [2.24, 2.45) is 5.92 Å². The third kappa shape index (κ3) is 3.24. The minimum Gasteiger partial charge on any atom is -0.505 e. The van der Waals surface area contributed by atoms with Crippen molar-refractivity contribution in [3.05, 3.63) is 28.5 Å². The maximum Gasteiger partial charge on any atom is 0.165 e. The van der Waals surface area contributed by atoms with Crippen LogP contribution < -0.4 is 5.32 Å². The van der Waals surface area contributed by atoms with Crippen molar-refractivity contribution in [3.63, 3.8) is 0 Å². The second-order valence-electron chi connectivity index (χ2n) is 6.42. The van der Waals surface area contributed by atoms with Crippen molar-refractivity contribution in [1.29, 1.82) is 0 Å². The van der Waals surface area contributed by atoms with Gasteiger partial charge in [-0.25, -0.2) is 4.39 Å². The van der Waals surface area contributed by atoms with Crippen LogP contribution in [0.5, 0.6) is 5.75 Å². The van der Waals surface area contributed by atoms with E-state index in [1.54, 1.807) is 6.07 Å². The van der Waals surface area contributed by atoms with Crippen molar-refractivity contribution in [1.82, 2.24) is 10.2 Å². The van der Waals surface area contributed by atoms with E-state index >= 15 is 0 Å². The predicted octanol–water partition coefficient (Wildman–Crippen LogP) is 3.71. The van der Waals surface area contributed by atoms with Gasteiger partial charge in [0.25, 0.3) is 0 Å². The molecule has 0 unspecified atom stereocenters. The highest BCUT2D eigenvalue weighted by molar-refractivity contribution is 6.31. The fraction of sp³-hybridized carbons (Fsp3) is 0.647. The number of piperazine rings is 1. The van der Waals surface area contributed by atoms with Crippen molar-refractivity contribution >= 4 is 11.6 Å². The van der Waals surface area contributed by atoms with E-state index in [1.165, 1.54) is 25.3 Å². The Balaban J connectivity index is 1.98. The van der Waals surface area contributed by atoms with Crippen LogP contribution in [0.4, 0.5) is 4.39 Å². The number of hydrogen-bond acceptors (Lipinski definition) is 3. The molecule has 1 aromatic rings. The van der Waals surface area contributed by atoms with Gasteiger partial charge in [0.1, 0.15) is 0 Å². The van der Waals surface area contributed by atoms with Gasteiger partial charge >= 0.3 is 0 Å². The molecule has 2 aliphatic rings. The van der Waals surface area contributed by atoms with E-state index in [9.17, 15) is 9.50 Å². The Labute approximate surface area is 136 Å². The third-order valence-corrected chi connectivity index (χ3v) is 5.38. The molecule has 1 aliphatic heterocycles. The minimum absolute atomic E-state index is 0.0191. The molecule has 0 aromatic heterocycles. The molecule has 1 saturated carbocycles. The van der Waals surface area contributed by atoms with Crippen LogP contribution in [-0.2, 0) is 0 Å². The van der Waals surface area contributed by atoms with Crippen LogP contribution in [0.3, 0.4) is 0 Å². The highest BCUT2D eigenvalue weighted by Gasteiger charge is 2.34. The van der Waals surface area contributed by atoms with Gasteiger partial charge < -0.3 is 10.4 Å². The summed E-state index contributed by atoms with van der Waals surface area (Å²) >= 11 is 6.37. The SMILES string of the molecule is Oc1c(F)ccc(Cl)c1[C@@H](C1CCCCC1)N1CCNCC1. The monoisotopic (exact) mass is 326 g/mol. The average Bonchev–Trinajstić information content (AvgIpc) is 2.57. The van der Waals surface area contributed by atoms with Gasteiger partial charge in [0, 0.05) is 42.8 Å². The molecule has 0 amide bonds. The number of aromatic hydroxyl groups is 1. The van der Waals surface area contributed by atoms with Gasteiger partial charge in [-0.15, -0.1) is 0 Å². The van der Waals surface area contributed by atoms with Gasteiger partial charge in [0.2, 0.25) is 0 Å². The fourth-order valence-corrected chi connectivity index (χ4v) is 4.23. The number of benzene rings is 1. The Hall–Kier alpha value is -0.840. The first kappa shape index (κ1) is 16.0. The maximum absolute atomic E-state index is 13.9. The fourth-order valence-electron chi connectivity index (χ4n) is 3.96. The van der Waals surface area contributed by atoms with E-state index in [2.05, 4.69) is 10.2 Å². The maximum atomic E-state index is 13.9. The highest BCUT2D eigenvalue weighted by atomic mass is 35.5. The number of hydrogen-bond donors (Lipinski definition) is 2. The summed E-state index contributed by atoms with van der Waals surface area (Å²) in [6.07, 6.45) is 5.94. The lowest BCUT2D eigenvalue weighted by atomic mass is 9.79. The normalized spacial score (nSPS) is 22.6. The minimum atomic E-state index is -0.574. The first-order valence-corrected chi connectivity index (χ1v) is 8.68. The van der Waals surface area contributed by atoms with Gasteiger partial charge in [-0.3, -0.25) is 4.90 Å². The average molecular weight is 327 g/mol. The lowest BCUT2D eigenvalue weighted by molar-refractivity contribution is 0.101. The van der Waals surface area contributed by atoms with Crippen LogP contribution in [0.15, 0.2) is 12.1 Å². The molecule has 22 heavy (non-hydrogen) atoms. The predicted molar refractivity (Wildman–Crippen MR) is 86.8 cm³/mol. The number of halogens is 2. The molecular formula is C17H24ClFN2O. The van der Waals surface area contributed by atoms with Crippen molar-refractivity contribution in [2.75, 3.05) is 26.2 Å². The number of nitrogens with zero attached hydrogens (tertiary/aromatic N) is 1. The van der Waals surface area contributed by atoms with E-state index < -0.39 is 5.82 Å². The molecule has 1 aromatic carbocycles. The largest absolute Gasteiger partial charge is 0.505 e. The Kier molecular flexibility index (Phi) is 5.21. The molecule has 1 saturated heterocycles. The standard InChI is InChI=1S/C17H24ClFN2O/c18-13-6-7-14(19)17(22)15(13)16(12-4-2-1-3-5-12)21-10-8-20-9-11-21/h6-7,12,16,20,22H,1-5,8-11H2/t16-/m1/s1. The molecule has 122 valence electrons. The van der Waals surface area contributed by atoms with Crippen molar-refractivity contribution in [2.45, 2.75) is 38.1 Å². The Morgan fingerprint density at radius 1 is 1.18 bits per heavy atom. The topological polar surface area (TPSA) is 35.5 Å². The lowest BCUT2D eigenvalue weighted by Crippen LogP contribution is -2.47. The highest BCUT2D eigenvalue weighted by Crippen LogP contribution is 2.45. The summed E-state index contributed by atoms with van der Waals surface area (Å²) in [4.78, 5) is 2.37. The van der Waals surface area contributed by atoms with Crippen LogP contribution in [0.25, 0.3) is 0 Å². The molecule has 0 spiro atoms. The molecular weight excluding hydrogens is 303 g/mol. The lowest BCUT2D eigenvalue weighted by Gasteiger charge is -2.41. The van der Waals surface area contributed by atoms with E-state index in [-0.39, 0.29) is 11.8 Å². The third-order valence-electron chi connectivity index (χ3n) is 5.05. The van der Waals surface area contributed by atoms with Crippen LogP contribution in [0, 0.1) is 11.7 Å². The molecule has 0 radical (unpaired) electrons. The van der Waals surface area contributed by atoms with Crippen molar-refractivity contribution in [3.8, 4) is 5.75 Å². The van der Waals surface area contributed by atoms with Gasteiger partial charge in [-0.05, 0) is 30.9 Å². The number of rotatable bonds is 3. The summed E-state index contributed by atoms with van der Waals surface area (Å²) in [7, 11) is 0. The van der Waals surface area contributed by atoms with Crippen LogP contribution >= 0.6 is 11.6 Å². The number of nitrogens with one attached hydrogen (secondary N) is 1. The molecule has 3 nitrogen and oxygen atoms in total. The molecule has 1 aliphatic carbocycles. The molecule has 2 fully saturated rings. The first-order chi connectivity index (χ1) is 10.7. The molecule has 3 rings (SSSR count). The van der Waals surface area contributed by atoms with Crippen LogP contribution in [0.1, 0.15) is 43.7 Å². The number of phenols is 1. The molecule has 0 bridgehead atoms. The van der Waals surface area contributed by atoms with E-state index in [0.717, 1.165) is 39.0 Å². The van der Waals surface area contributed by atoms with Crippen LogP contribution in [0.2, 0.25) is 5.02 Å². The second-order valence-corrected chi connectivity index (χ2v) is 6.83. The Morgan fingerprint density at radius 2 is 1.86 bits per heavy atom. The van der Waals surface area contributed by atoms with Gasteiger partial charge in [0.15, 0.2) is 11.6 Å². The number of phenolic OH excluding ortho intramolecular Hbond substituents is 1. The zero-order valence-electron chi connectivity index (χ0n) is 12.8. The Morgan fingerprint density at radius 3 is 2.55 bits per heavy atom. The van der Waals surface area contributed by atoms with Gasteiger partial charge in [-0.1, -0.05) is 30.9 Å². The zero-order chi connectivity index (χ0) is 15.5. The van der Waals surface area contributed by atoms with Crippen molar-refractivity contribution < 1.29 is 9.50 Å². The van der Waals surface area contributed by atoms with E-state index in [0.29, 0.717) is 16.5 Å². The van der Waals surface area contributed by atoms with Gasteiger partial charge in [-0.2, -0.15) is 0 Å². The quantitative estimate of drug-likeness (QED) is 0.888. The molecule has 1 heterocycles. The molecule has 5 heteroatoms. The Bertz CT molecular complexity index is 496. The first-order valence-electron chi connectivity index (χ1n) is 8.30. The van der Waals surface area contributed by atoms with Gasteiger partial charge in [0.05, 0.1) is 0 Å².